The first kappa shape index (κ1) is 21.8. The van der Waals surface area contributed by atoms with E-state index in [-0.39, 0.29) is 11.9 Å². The summed E-state index contributed by atoms with van der Waals surface area (Å²) < 4.78 is 17.7. The van der Waals surface area contributed by atoms with Gasteiger partial charge in [0.1, 0.15) is 29.6 Å². The molecule has 166 valence electrons. The van der Waals surface area contributed by atoms with Gasteiger partial charge in [0.05, 0.1) is 12.6 Å². The first-order valence-electron chi connectivity index (χ1n) is 11.1. The van der Waals surface area contributed by atoms with E-state index in [0.29, 0.717) is 6.61 Å². The van der Waals surface area contributed by atoms with Gasteiger partial charge in [-0.2, -0.15) is 0 Å². The predicted molar refractivity (Wildman–Crippen MR) is 125 cm³/mol. The van der Waals surface area contributed by atoms with Crippen molar-refractivity contribution in [2.45, 2.75) is 32.7 Å². The minimum absolute atomic E-state index is 0.0507. The average molecular weight is 432 g/mol. The van der Waals surface area contributed by atoms with Crippen LogP contribution >= 0.6 is 0 Å². The molecule has 0 saturated heterocycles. The van der Waals surface area contributed by atoms with Crippen LogP contribution in [0, 0.1) is 5.92 Å². The van der Waals surface area contributed by atoms with Gasteiger partial charge in [-0.3, -0.25) is 4.79 Å². The zero-order valence-electron chi connectivity index (χ0n) is 18.5. The maximum atomic E-state index is 11.1. The monoisotopic (exact) mass is 431 g/mol. The van der Waals surface area contributed by atoms with Gasteiger partial charge in [-0.05, 0) is 73.2 Å². The van der Waals surface area contributed by atoms with Crippen LogP contribution in [0.1, 0.15) is 26.7 Å². The molecule has 32 heavy (non-hydrogen) atoms. The van der Waals surface area contributed by atoms with Crippen LogP contribution in [0.25, 0.3) is 11.1 Å². The van der Waals surface area contributed by atoms with Gasteiger partial charge < -0.3 is 19.5 Å². The lowest BCUT2D eigenvalue weighted by Gasteiger charge is -2.14. The number of carbonyl (C=O) groups excluding carboxylic acids is 1. The minimum Gasteiger partial charge on any atom is -0.493 e. The molecule has 0 unspecified atom stereocenters. The molecule has 1 fully saturated rings. The third kappa shape index (κ3) is 6.51. The van der Waals surface area contributed by atoms with Crippen LogP contribution in [0.3, 0.4) is 0 Å². The largest absolute Gasteiger partial charge is 0.493 e. The fraction of sp³-hybridized carbons (Fsp3) is 0.296. The Kier molecular flexibility index (Phi) is 6.95. The number of rotatable bonds is 10. The van der Waals surface area contributed by atoms with Gasteiger partial charge in [0.15, 0.2) is 0 Å². The molecule has 0 bridgehead atoms. The second-order valence-corrected chi connectivity index (χ2v) is 8.30. The number of nitrogens with one attached hydrogen (secondary N) is 1. The van der Waals surface area contributed by atoms with Crippen molar-refractivity contribution < 1.29 is 19.0 Å². The molecule has 1 aliphatic rings. The lowest BCUT2D eigenvalue weighted by molar-refractivity contribution is -0.119. The highest BCUT2D eigenvalue weighted by molar-refractivity contribution is 5.73. The number of benzene rings is 3. The molecule has 0 radical (unpaired) electrons. The van der Waals surface area contributed by atoms with Crippen molar-refractivity contribution in [3.05, 3.63) is 72.8 Å². The topological polar surface area (TPSA) is 56.8 Å². The predicted octanol–water partition coefficient (Wildman–Crippen LogP) is 5.84. The molecule has 5 nitrogen and oxygen atoms in total. The Bertz CT molecular complexity index is 1040. The highest BCUT2D eigenvalue weighted by Gasteiger charge is 2.21. The Hall–Kier alpha value is -3.47. The van der Waals surface area contributed by atoms with Crippen molar-refractivity contribution >= 4 is 5.91 Å². The minimum atomic E-state index is -0.0605. The average Bonchev–Trinajstić information content (AvgIpc) is 3.62. The van der Waals surface area contributed by atoms with Crippen molar-refractivity contribution in [3.63, 3.8) is 0 Å². The number of hydrogen-bond acceptors (Lipinski definition) is 4. The smallest absolute Gasteiger partial charge is 0.217 e. The Balaban J connectivity index is 1.36. The Morgan fingerprint density at radius 1 is 0.875 bits per heavy atom. The summed E-state index contributed by atoms with van der Waals surface area (Å²) in [5.74, 6) is 3.80. The standard InChI is InChI=1S/C27H29NO4/c1-19(28-20(2)29)17-30-25-6-3-5-23(15-25)22-11-13-24(14-12-22)32-27-8-4-7-26(16-27)31-18-21-9-10-21/h3-8,11-16,19,21H,9-10,17-18H2,1-2H3,(H,28,29)/t19-/m0/s1. The molecule has 1 atom stereocenters. The maximum Gasteiger partial charge on any atom is 0.217 e. The lowest BCUT2D eigenvalue weighted by atomic mass is 10.1. The quantitative estimate of drug-likeness (QED) is 0.438. The molecule has 3 aromatic rings. The van der Waals surface area contributed by atoms with Crippen LogP contribution in [0.15, 0.2) is 72.8 Å². The summed E-state index contributed by atoms with van der Waals surface area (Å²) in [6.07, 6.45) is 2.54. The highest BCUT2D eigenvalue weighted by Crippen LogP contribution is 2.32. The van der Waals surface area contributed by atoms with E-state index in [9.17, 15) is 4.79 Å². The van der Waals surface area contributed by atoms with Crippen LogP contribution in [0.5, 0.6) is 23.0 Å². The van der Waals surface area contributed by atoms with Gasteiger partial charge in [-0.15, -0.1) is 0 Å². The molecular weight excluding hydrogens is 402 g/mol. The summed E-state index contributed by atoms with van der Waals surface area (Å²) in [7, 11) is 0. The van der Waals surface area contributed by atoms with E-state index in [1.54, 1.807) is 0 Å². The molecule has 4 rings (SSSR count). The van der Waals surface area contributed by atoms with Gasteiger partial charge >= 0.3 is 0 Å². The van der Waals surface area contributed by atoms with Crippen molar-refractivity contribution in [3.8, 4) is 34.1 Å². The van der Waals surface area contributed by atoms with E-state index >= 15 is 0 Å². The van der Waals surface area contributed by atoms with Crippen molar-refractivity contribution in [1.82, 2.24) is 5.32 Å². The van der Waals surface area contributed by atoms with Crippen LogP contribution in [-0.2, 0) is 4.79 Å². The van der Waals surface area contributed by atoms with E-state index in [2.05, 4.69) is 5.32 Å². The van der Waals surface area contributed by atoms with E-state index in [1.807, 2.05) is 79.7 Å². The summed E-state index contributed by atoms with van der Waals surface area (Å²) in [6.45, 7) is 4.62. The van der Waals surface area contributed by atoms with Gasteiger partial charge in [0, 0.05) is 13.0 Å². The molecule has 0 aromatic heterocycles. The second kappa shape index (κ2) is 10.2. The Morgan fingerprint density at radius 2 is 1.56 bits per heavy atom. The van der Waals surface area contributed by atoms with Crippen LogP contribution in [0.2, 0.25) is 0 Å². The molecular formula is C27H29NO4. The van der Waals surface area contributed by atoms with Crippen molar-refractivity contribution in [2.75, 3.05) is 13.2 Å². The number of amides is 1. The molecule has 1 N–H and O–H groups in total. The first-order valence-corrected chi connectivity index (χ1v) is 11.1. The molecule has 5 heteroatoms. The molecule has 0 heterocycles. The highest BCUT2D eigenvalue weighted by atomic mass is 16.5. The fourth-order valence-corrected chi connectivity index (χ4v) is 3.35. The van der Waals surface area contributed by atoms with E-state index in [4.69, 9.17) is 14.2 Å². The SMILES string of the molecule is CC(=O)N[C@@H](C)COc1cccc(-c2ccc(Oc3cccc(OCC4CC4)c3)cc2)c1. The van der Waals surface area contributed by atoms with Gasteiger partial charge in [0.25, 0.3) is 0 Å². The third-order valence-corrected chi connectivity index (χ3v) is 5.20. The van der Waals surface area contributed by atoms with Crippen molar-refractivity contribution in [1.29, 1.82) is 0 Å². The third-order valence-electron chi connectivity index (χ3n) is 5.20. The van der Waals surface area contributed by atoms with Crippen LogP contribution in [-0.4, -0.2) is 25.2 Å². The zero-order valence-corrected chi connectivity index (χ0v) is 18.5. The van der Waals surface area contributed by atoms with Crippen molar-refractivity contribution in [2.24, 2.45) is 5.92 Å². The fourth-order valence-electron chi connectivity index (χ4n) is 3.35. The normalized spacial score (nSPS) is 13.8. The Morgan fingerprint density at radius 3 is 2.28 bits per heavy atom. The van der Waals surface area contributed by atoms with Gasteiger partial charge in [0.2, 0.25) is 5.91 Å². The Labute approximate surface area is 189 Å². The number of carbonyl (C=O) groups is 1. The first-order chi connectivity index (χ1) is 15.5. The van der Waals surface area contributed by atoms with E-state index < -0.39 is 0 Å². The number of hydrogen-bond donors (Lipinski definition) is 1. The molecule has 1 amide bonds. The molecule has 3 aromatic carbocycles. The second-order valence-electron chi connectivity index (χ2n) is 8.30. The van der Waals surface area contributed by atoms with Crippen LogP contribution in [0.4, 0.5) is 0 Å². The summed E-state index contributed by atoms with van der Waals surface area (Å²) >= 11 is 0. The summed E-state index contributed by atoms with van der Waals surface area (Å²) in [5, 5.41) is 2.82. The molecule has 1 saturated carbocycles. The summed E-state index contributed by atoms with van der Waals surface area (Å²) in [5.41, 5.74) is 2.12. The molecule has 1 aliphatic carbocycles. The summed E-state index contributed by atoms with van der Waals surface area (Å²) in [4.78, 5) is 11.1. The number of ether oxygens (including phenoxy) is 3. The van der Waals surface area contributed by atoms with Crippen LogP contribution < -0.4 is 19.5 Å². The maximum absolute atomic E-state index is 11.1. The van der Waals surface area contributed by atoms with Gasteiger partial charge in [-0.1, -0.05) is 30.3 Å². The summed E-state index contributed by atoms with van der Waals surface area (Å²) in [6, 6.07) is 23.6. The molecule has 0 aliphatic heterocycles. The van der Waals surface area contributed by atoms with Gasteiger partial charge in [-0.25, -0.2) is 0 Å². The molecule has 0 spiro atoms. The zero-order chi connectivity index (χ0) is 22.3. The lowest BCUT2D eigenvalue weighted by Crippen LogP contribution is -2.35. The van der Waals surface area contributed by atoms with E-state index in [0.717, 1.165) is 46.6 Å². The van der Waals surface area contributed by atoms with E-state index in [1.165, 1.54) is 19.8 Å².